The van der Waals surface area contributed by atoms with Gasteiger partial charge in [0.1, 0.15) is 5.65 Å². The van der Waals surface area contributed by atoms with Crippen LogP contribution in [0.3, 0.4) is 0 Å². The summed E-state index contributed by atoms with van der Waals surface area (Å²) in [4.78, 5) is 7.20. The number of aryl methyl sites for hydroxylation is 1. The van der Waals surface area contributed by atoms with E-state index in [1.165, 1.54) is 43.7 Å². The number of hydrogen-bond donors (Lipinski definition) is 0. The Hall–Kier alpha value is -1.35. The first-order valence-corrected chi connectivity index (χ1v) is 6.49. The molecule has 0 aliphatic carbocycles. The van der Waals surface area contributed by atoms with Gasteiger partial charge in [0.15, 0.2) is 0 Å². The van der Waals surface area contributed by atoms with Gasteiger partial charge in [0.25, 0.3) is 0 Å². The average Bonchev–Trinajstić information content (AvgIpc) is 2.74. The molecule has 90 valence electrons. The average molecular weight is 229 g/mol. The van der Waals surface area contributed by atoms with Crippen LogP contribution < -0.4 is 0 Å². The second-order valence-corrected chi connectivity index (χ2v) is 4.96. The van der Waals surface area contributed by atoms with Crippen LogP contribution in [0, 0.1) is 6.92 Å². The largest absolute Gasteiger partial charge is 0.304 e. The van der Waals surface area contributed by atoms with Crippen molar-refractivity contribution in [1.29, 1.82) is 0 Å². The molecule has 0 amide bonds. The van der Waals surface area contributed by atoms with Crippen LogP contribution in [0.15, 0.2) is 24.4 Å². The Morgan fingerprint density at radius 1 is 1.18 bits per heavy atom. The van der Waals surface area contributed by atoms with E-state index in [4.69, 9.17) is 0 Å². The molecule has 0 unspecified atom stereocenters. The van der Waals surface area contributed by atoms with E-state index in [0.29, 0.717) is 0 Å². The number of pyridine rings is 1. The molecule has 0 N–H and O–H groups in total. The number of aromatic nitrogens is 2. The molecule has 3 heteroatoms. The molecule has 2 aromatic rings. The first kappa shape index (κ1) is 10.8. The highest BCUT2D eigenvalue weighted by atomic mass is 15.1. The molecule has 1 saturated heterocycles. The highest BCUT2D eigenvalue weighted by Crippen LogP contribution is 2.14. The van der Waals surface area contributed by atoms with Crippen molar-refractivity contribution in [1.82, 2.24) is 14.3 Å². The fraction of sp³-hybridized carbons (Fsp3) is 0.500. The third kappa shape index (κ3) is 2.20. The van der Waals surface area contributed by atoms with Crippen molar-refractivity contribution >= 4 is 5.65 Å². The molecule has 0 atom stereocenters. The second kappa shape index (κ2) is 4.49. The molecule has 0 radical (unpaired) electrons. The summed E-state index contributed by atoms with van der Waals surface area (Å²) in [6.07, 6.45) is 6.25. The van der Waals surface area contributed by atoms with Crippen LogP contribution in [0.4, 0.5) is 0 Å². The Morgan fingerprint density at radius 3 is 2.76 bits per heavy atom. The van der Waals surface area contributed by atoms with E-state index in [-0.39, 0.29) is 0 Å². The van der Waals surface area contributed by atoms with E-state index in [1.54, 1.807) is 0 Å². The lowest BCUT2D eigenvalue weighted by Gasteiger charge is -2.25. The van der Waals surface area contributed by atoms with Gasteiger partial charge in [-0.15, -0.1) is 0 Å². The Balaban J connectivity index is 1.83. The number of likely N-dealkylation sites (tertiary alicyclic amines) is 1. The van der Waals surface area contributed by atoms with Gasteiger partial charge < -0.3 is 4.40 Å². The van der Waals surface area contributed by atoms with Crippen molar-refractivity contribution in [2.75, 3.05) is 13.1 Å². The number of hydrogen-bond acceptors (Lipinski definition) is 2. The summed E-state index contributed by atoms with van der Waals surface area (Å²) in [5.41, 5.74) is 3.51. The fourth-order valence-electron chi connectivity index (χ4n) is 2.62. The summed E-state index contributed by atoms with van der Waals surface area (Å²) in [7, 11) is 0. The predicted molar refractivity (Wildman–Crippen MR) is 69.1 cm³/mol. The fourth-order valence-corrected chi connectivity index (χ4v) is 2.62. The Labute approximate surface area is 102 Å². The van der Waals surface area contributed by atoms with Crippen LogP contribution in [-0.4, -0.2) is 27.4 Å². The maximum atomic E-state index is 4.69. The van der Waals surface area contributed by atoms with Crippen molar-refractivity contribution < 1.29 is 0 Å². The van der Waals surface area contributed by atoms with Crippen molar-refractivity contribution in [3.63, 3.8) is 0 Å². The molecule has 2 aromatic heterocycles. The molecule has 3 nitrogen and oxygen atoms in total. The maximum absolute atomic E-state index is 4.69. The van der Waals surface area contributed by atoms with Gasteiger partial charge in [-0.25, -0.2) is 4.98 Å². The van der Waals surface area contributed by atoms with Gasteiger partial charge in [0.2, 0.25) is 0 Å². The summed E-state index contributed by atoms with van der Waals surface area (Å²) in [5.74, 6) is 0. The third-order valence-corrected chi connectivity index (χ3v) is 3.58. The van der Waals surface area contributed by atoms with E-state index in [9.17, 15) is 0 Å². The first-order chi connectivity index (χ1) is 8.33. The van der Waals surface area contributed by atoms with E-state index >= 15 is 0 Å². The molecule has 0 saturated carbocycles. The number of fused-ring (bicyclic) bond motifs is 1. The number of rotatable bonds is 2. The minimum Gasteiger partial charge on any atom is -0.304 e. The highest BCUT2D eigenvalue weighted by molar-refractivity contribution is 5.41. The standard InChI is InChI=1S/C14H19N3/c1-12-6-5-7-14-15-13(11-17(12)14)10-16-8-3-2-4-9-16/h5-7,11H,2-4,8-10H2,1H3. The summed E-state index contributed by atoms with van der Waals surface area (Å²) in [6, 6.07) is 6.27. The van der Waals surface area contributed by atoms with Crippen molar-refractivity contribution in [3.8, 4) is 0 Å². The normalized spacial score (nSPS) is 17.7. The summed E-state index contributed by atoms with van der Waals surface area (Å²) >= 11 is 0. The van der Waals surface area contributed by atoms with E-state index in [2.05, 4.69) is 45.6 Å². The van der Waals surface area contributed by atoms with Gasteiger partial charge in [-0.2, -0.15) is 0 Å². The zero-order valence-corrected chi connectivity index (χ0v) is 10.4. The monoisotopic (exact) mass is 229 g/mol. The molecule has 0 aromatic carbocycles. The van der Waals surface area contributed by atoms with Gasteiger partial charge in [0, 0.05) is 18.4 Å². The van der Waals surface area contributed by atoms with E-state index in [0.717, 1.165) is 12.2 Å². The highest BCUT2D eigenvalue weighted by Gasteiger charge is 2.12. The number of nitrogens with zero attached hydrogens (tertiary/aromatic N) is 3. The molecule has 17 heavy (non-hydrogen) atoms. The van der Waals surface area contributed by atoms with Crippen LogP contribution in [0.2, 0.25) is 0 Å². The lowest BCUT2D eigenvalue weighted by Crippen LogP contribution is -2.29. The van der Waals surface area contributed by atoms with Crippen LogP contribution in [0.1, 0.15) is 30.7 Å². The lowest BCUT2D eigenvalue weighted by molar-refractivity contribution is 0.219. The molecule has 3 heterocycles. The molecule has 1 aliphatic rings. The predicted octanol–water partition coefficient (Wildman–Crippen LogP) is 2.63. The van der Waals surface area contributed by atoms with E-state index < -0.39 is 0 Å². The SMILES string of the molecule is Cc1cccc2nc(CN3CCCCC3)cn12. The van der Waals surface area contributed by atoms with Crippen LogP contribution in [0.25, 0.3) is 5.65 Å². The molecule has 3 rings (SSSR count). The van der Waals surface area contributed by atoms with E-state index in [1.807, 2.05) is 0 Å². The van der Waals surface area contributed by atoms with Crippen LogP contribution >= 0.6 is 0 Å². The molecule has 1 aliphatic heterocycles. The minimum atomic E-state index is 1.00. The van der Waals surface area contributed by atoms with Crippen molar-refractivity contribution in [2.24, 2.45) is 0 Å². The topological polar surface area (TPSA) is 20.5 Å². The van der Waals surface area contributed by atoms with Gasteiger partial charge in [-0.05, 0) is 45.0 Å². The summed E-state index contributed by atoms with van der Waals surface area (Å²) in [6.45, 7) is 5.58. The molecule has 1 fully saturated rings. The first-order valence-electron chi connectivity index (χ1n) is 6.49. The Kier molecular flexibility index (Phi) is 2.85. The van der Waals surface area contributed by atoms with Gasteiger partial charge >= 0.3 is 0 Å². The van der Waals surface area contributed by atoms with Crippen molar-refractivity contribution in [2.45, 2.75) is 32.7 Å². The quantitative estimate of drug-likeness (QED) is 0.789. The minimum absolute atomic E-state index is 1.00. The number of imidazole rings is 1. The zero-order valence-electron chi connectivity index (χ0n) is 10.4. The van der Waals surface area contributed by atoms with Crippen molar-refractivity contribution in [3.05, 3.63) is 35.8 Å². The smallest absolute Gasteiger partial charge is 0.137 e. The van der Waals surface area contributed by atoms with Crippen LogP contribution in [0.5, 0.6) is 0 Å². The molecule has 0 bridgehead atoms. The molecular formula is C14H19N3. The molecular weight excluding hydrogens is 210 g/mol. The number of piperidine rings is 1. The maximum Gasteiger partial charge on any atom is 0.137 e. The van der Waals surface area contributed by atoms with Crippen LogP contribution in [-0.2, 0) is 6.54 Å². The zero-order chi connectivity index (χ0) is 11.7. The summed E-state index contributed by atoms with van der Waals surface area (Å²) < 4.78 is 2.18. The second-order valence-electron chi connectivity index (χ2n) is 4.96. The lowest BCUT2D eigenvalue weighted by atomic mass is 10.1. The van der Waals surface area contributed by atoms with Gasteiger partial charge in [-0.1, -0.05) is 12.5 Å². The Bertz CT molecular complexity index is 509. The summed E-state index contributed by atoms with van der Waals surface area (Å²) in [5, 5.41) is 0. The van der Waals surface area contributed by atoms with Gasteiger partial charge in [0.05, 0.1) is 5.69 Å². The third-order valence-electron chi connectivity index (χ3n) is 3.58. The molecule has 0 spiro atoms. The van der Waals surface area contributed by atoms with Gasteiger partial charge in [-0.3, -0.25) is 4.90 Å². The Morgan fingerprint density at radius 2 is 2.00 bits per heavy atom.